The summed E-state index contributed by atoms with van der Waals surface area (Å²) in [5, 5.41) is 20.3. The van der Waals surface area contributed by atoms with Crippen molar-refractivity contribution in [3.63, 3.8) is 0 Å². The molecule has 0 aromatic heterocycles. The summed E-state index contributed by atoms with van der Waals surface area (Å²) < 4.78 is 23.8. The molecule has 0 radical (unpaired) electrons. The average Bonchev–Trinajstić information content (AvgIpc) is 2.70. The Balaban J connectivity index is 2.51. The molecule has 30 heavy (non-hydrogen) atoms. The number of nitrogens with one attached hydrogen (secondary N) is 1. The predicted molar refractivity (Wildman–Crippen MR) is 116 cm³/mol. The lowest BCUT2D eigenvalue weighted by Crippen LogP contribution is -2.40. The molecule has 0 saturated heterocycles. The third kappa shape index (κ3) is 6.52. The van der Waals surface area contributed by atoms with Crippen LogP contribution in [0.4, 0.5) is 10.1 Å². The molecule has 8 heteroatoms. The summed E-state index contributed by atoms with van der Waals surface area (Å²) in [7, 11) is 0. The van der Waals surface area contributed by atoms with Gasteiger partial charge in [0.1, 0.15) is 12.4 Å². The van der Waals surface area contributed by atoms with E-state index in [1.807, 2.05) is 57.2 Å². The minimum Gasteiger partial charge on any atom is -0.359 e. The maximum absolute atomic E-state index is 14.9. The Morgan fingerprint density at radius 1 is 1.23 bits per heavy atom. The number of benzene rings is 2. The summed E-state index contributed by atoms with van der Waals surface area (Å²) in [4.78, 5) is 10.7. The van der Waals surface area contributed by atoms with Gasteiger partial charge in [-0.3, -0.25) is 14.8 Å². The number of nitro benzene ring substituents is 1. The number of ether oxygens (including phenoxy) is 1. The van der Waals surface area contributed by atoms with Crippen LogP contribution in [0.25, 0.3) is 0 Å². The van der Waals surface area contributed by atoms with Crippen LogP contribution >= 0.6 is 11.9 Å². The number of nitrogens with zero attached hydrogens (tertiary/aromatic N) is 2. The van der Waals surface area contributed by atoms with Crippen molar-refractivity contribution in [2.75, 3.05) is 6.61 Å². The molecule has 6 nitrogen and oxygen atoms in total. The number of halogens is 1. The second kappa shape index (κ2) is 10.0. The SMILES string of the molecule is CC(C)(C)SN[C@@](C)(C[C@H](OCC#N)c1ccccc1)c1cc([N+](=O)[O-])ccc1F. The largest absolute Gasteiger partial charge is 0.359 e. The van der Waals surface area contributed by atoms with Crippen molar-refractivity contribution in [3.8, 4) is 6.07 Å². The Labute approximate surface area is 180 Å². The van der Waals surface area contributed by atoms with Crippen LogP contribution in [0.5, 0.6) is 0 Å². The van der Waals surface area contributed by atoms with E-state index in [9.17, 15) is 14.5 Å². The maximum Gasteiger partial charge on any atom is 0.269 e. The van der Waals surface area contributed by atoms with Crippen LogP contribution in [0.3, 0.4) is 0 Å². The molecule has 0 unspecified atom stereocenters. The van der Waals surface area contributed by atoms with Crippen molar-refractivity contribution in [3.05, 3.63) is 75.6 Å². The molecule has 0 heterocycles. The fraction of sp³-hybridized carbons (Fsp3) is 0.409. The summed E-state index contributed by atoms with van der Waals surface area (Å²) in [5.74, 6) is -0.544. The van der Waals surface area contributed by atoms with Crippen molar-refractivity contribution < 1.29 is 14.1 Å². The lowest BCUT2D eigenvalue weighted by Gasteiger charge is -2.36. The summed E-state index contributed by atoms with van der Waals surface area (Å²) in [6.45, 7) is 7.69. The predicted octanol–water partition coefficient (Wildman–Crippen LogP) is 5.66. The molecule has 0 saturated carbocycles. The summed E-state index contributed by atoms with van der Waals surface area (Å²) in [6.07, 6.45) is -0.248. The first-order valence-electron chi connectivity index (χ1n) is 9.49. The molecule has 0 aliphatic rings. The Kier molecular flexibility index (Phi) is 7.96. The van der Waals surface area contributed by atoms with E-state index in [2.05, 4.69) is 4.72 Å². The summed E-state index contributed by atoms with van der Waals surface area (Å²) >= 11 is 1.41. The lowest BCUT2D eigenvalue weighted by molar-refractivity contribution is -0.385. The number of hydrogen-bond donors (Lipinski definition) is 1. The minimum absolute atomic E-state index is 0.126. The van der Waals surface area contributed by atoms with Gasteiger partial charge in [-0.05, 0) is 39.3 Å². The van der Waals surface area contributed by atoms with E-state index in [-0.39, 0.29) is 29.0 Å². The van der Waals surface area contributed by atoms with E-state index in [4.69, 9.17) is 10.00 Å². The normalized spacial score (nSPS) is 14.5. The summed E-state index contributed by atoms with van der Waals surface area (Å²) in [5.41, 5.74) is -0.180. The van der Waals surface area contributed by atoms with Gasteiger partial charge in [-0.25, -0.2) is 4.39 Å². The molecular formula is C22H26FN3O3S. The van der Waals surface area contributed by atoms with Crippen molar-refractivity contribution in [1.29, 1.82) is 5.26 Å². The molecule has 2 atom stereocenters. The van der Waals surface area contributed by atoms with Crippen molar-refractivity contribution in [2.24, 2.45) is 0 Å². The smallest absolute Gasteiger partial charge is 0.269 e. The molecule has 2 aromatic carbocycles. The number of rotatable bonds is 9. The zero-order valence-electron chi connectivity index (χ0n) is 17.5. The van der Waals surface area contributed by atoms with Gasteiger partial charge in [-0.2, -0.15) is 5.26 Å². The highest BCUT2D eigenvalue weighted by Gasteiger charge is 2.36. The van der Waals surface area contributed by atoms with Crippen LogP contribution in [-0.2, 0) is 10.3 Å². The van der Waals surface area contributed by atoms with Crippen molar-refractivity contribution in [1.82, 2.24) is 4.72 Å². The quantitative estimate of drug-likeness (QED) is 0.313. The topological polar surface area (TPSA) is 88.2 Å². The van der Waals surface area contributed by atoms with E-state index < -0.39 is 22.4 Å². The zero-order chi connectivity index (χ0) is 22.4. The number of non-ortho nitro benzene ring substituents is 1. The van der Waals surface area contributed by atoms with Crippen LogP contribution in [0, 0.1) is 27.3 Å². The highest BCUT2D eigenvalue weighted by atomic mass is 32.2. The average molecular weight is 432 g/mol. The number of nitro groups is 1. The van der Waals surface area contributed by atoms with Gasteiger partial charge >= 0.3 is 0 Å². The Hall–Kier alpha value is -2.47. The fourth-order valence-corrected chi connectivity index (χ4v) is 3.70. The monoisotopic (exact) mass is 431 g/mol. The Bertz CT molecular complexity index is 912. The highest BCUT2D eigenvalue weighted by Crippen LogP contribution is 2.39. The van der Waals surface area contributed by atoms with Gasteiger partial charge in [-0.1, -0.05) is 42.3 Å². The van der Waals surface area contributed by atoms with Crippen LogP contribution in [0.2, 0.25) is 0 Å². The summed E-state index contributed by atoms with van der Waals surface area (Å²) in [6, 6.07) is 14.9. The first kappa shape index (κ1) is 23.8. The lowest BCUT2D eigenvalue weighted by atomic mass is 9.85. The molecular weight excluding hydrogens is 405 g/mol. The van der Waals surface area contributed by atoms with Gasteiger partial charge in [-0.15, -0.1) is 0 Å². The third-order valence-corrected chi connectivity index (χ3v) is 5.62. The van der Waals surface area contributed by atoms with Gasteiger partial charge in [0.25, 0.3) is 5.69 Å². The number of hydrogen-bond acceptors (Lipinski definition) is 6. The van der Waals surface area contributed by atoms with Crippen LogP contribution in [0.1, 0.15) is 51.3 Å². The van der Waals surface area contributed by atoms with E-state index in [0.29, 0.717) is 0 Å². The minimum atomic E-state index is -1.01. The van der Waals surface area contributed by atoms with Gasteiger partial charge < -0.3 is 4.74 Å². The van der Waals surface area contributed by atoms with Gasteiger partial charge in [0.15, 0.2) is 0 Å². The molecule has 0 aliphatic carbocycles. The van der Waals surface area contributed by atoms with E-state index >= 15 is 0 Å². The van der Waals surface area contributed by atoms with Crippen LogP contribution in [-0.4, -0.2) is 16.3 Å². The van der Waals surface area contributed by atoms with Gasteiger partial charge in [0.2, 0.25) is 0 Å². The third-order valence-electron chi connectivity index (χ3n) is 4.45. The van der Waals surface area contributed by atoms with Crippen LogP contribution in [0.15, 0.2) is 48.5 Å². The zero-order valence-corrected chi connectivity index (χ0v) is 18.3. The maximum atomic E-state index is 14.9. The van der Waals surface area contributed by atoms with Crippen LogP contribution < -0.4 is 4.72 Å². The molecule has 0 spiro atoms. The van der Waals surface area contributed by atoms with Gasteiger partial charge in [0, 0.05) is 28.9 Å². The standard InChI is InChI=1S/C22H26FN3O3S/c1-21(2,3)30-25-22(4,18-14-17(26(27)28)10-11-19(18)23)15-20(29-13-12-24)16-8-6-5-7-9-16/h5-11,14,20,25H,13,15H2,1-4H3/t20-,22-/m0/s1. The second-order valence-corrected chi connectivity index (χ2v) is 9.78. The molecule has 160 valence electrons. The molecule has 0 amide bonds. The Morgan fingerprint density at radius 3 is 2.47 bits per heavy atom. The molecule has 1 N–H and O–H groups in total. The molecule has 2 aromatic rings. The first-order chi connectivity index (χ1) is 14.1. The first-order valence-corrected chi connectivity index (χ1v) is 10.3. The molecule has 2 rings (SSSR count). The molecule has 0 aliphatic heterocycles. The highest BCUT2D eigenvalue weighted by molar-refractivity contribution is 7.98. The second-order valence-electron chi connectivity index (χ2n) is 8.14. The van der Waals surface area contributed by atoms with E-state index in [1.54, 1.807) is 6.92 Å². The molecule has 0 fully saturated rings. The van der Waals surface area contributed by atoms with E-state index in [1.165, 1.54) is 18.0 Å². The van der Waals surface area contributed by atoms with Crippen molar-refractivity contribution in [2.45, 2.75) is 50.5 Å². The number of nitriles is 1. The van der Waals surface area contributed by atoms with Gasteiger partial charge in [0.05, 0.1) is 22.6 Å². The Morgan fingerprint density at radius 2 is 1.90 bits per heavy atom. The fourth-order valence-electron chi connectivity index (χ4n) is 2.97. The molecule has 0 bridgehead atoms. The van der Waals surface area contributed by atoms with Crippen molar-refractivity contribution >= 4 is 17.6 Å². The van der Waals surface area contributed by atoms with E-state index in [0.717, 1.165) is 17.7 Å².